The minimum Gasteiger partial charge on any atom is -0.361 e. The van der Waals surface area contributed by atoms with Gasteiger partial charge >= 0.3 is 0 Å². The summed E-state index contributed by atoms with van der Waals surface area (Å²) in [5, 5.41) is 21.5. The van der Waals surface area contributed by atoms with E-state index in [-0.39, 0.29) is 59.6 Å². The Morgan fingerprint density at radius 2 is 1.11 bits per heavy atom. The van der Waals surface area contributed by atoms with Gasteiger partial charge in [-0.15, -0.1) is 11.8 Å². The Labute approximate surface area is 329 Å². The zero-order chi connectivity index (χ0) is 40.7. The van der Waals surface area contributed by atoms with Crippen LogP contribution < -0.4 is 37.2 Å². The van der Waals surface area contributed by atoms with Crippen molar-refractivity contribution in [3.63, 3.8) is 0 Å². The van der Waals surface area contributed by atoms with Crippen LogP contribution in [0.5, 0.6) is 0 Å². The predicted molar refractivity (Wildman–Crippen MR) is 216 cm³/mol. The highest BCUT2D eigenvalue weighted by Crippen LogP contribution is 2.26. The standard InChI is InChI=1S/C40H62N8O6S/c1-19(2)15-27-35(50)45-31(21(5)6)38(53)47-32(22(7)8)39(54)48-33(23(9)10)40-44-29(18-55-40)36(51)46-30(20(3)4)37(52)43-28(34(49)42-27)16-24-17-41-26-14-12-11-13-25(24)26/h11-14,17,19-23,27-33,40-41,44H,15-16,18H2,1-10H3,(H,42,49)(H,43,52)(H,45,50)(H,46,51)(H,47,53)(H,48,54)/t27-,28+,29+,30-,31+,32-,33+,40+/m1/s1. The molecule has 0 unspecified atom stereocenters. The van der Waals surface area contributed by atoms with Gasteiger partial charge in [0, 0.05) is 29.3 Å². The van der Waals surface area contributed by atoms with Crippen molar-refractivity contribution in [2.75, 3.05) is 5.75 Å². The molecule has 14 nitrogen and oxygen atoms in total. The summed E-state index contributed by atoms with van der Waals surface area (Å²) in [5.74, 6) is -3.58. The van der Waals surface area contributed by atoms with E-state index in [1.807, 2.05) is 79.7 Å². The second-order valence-electron chi connectivity index (χ2n) is 16.8. The molecule has 2 aliphatic heterocycles. The molecule has 3 heterocycles. The maximum Gasteiger partial charge on any atom is 0.243 e. The fraction of sp³-hybridized carbons (Fsp3) is 0.650. The molecule has 8 N–H and O–H groups in total. The van der Waals surface area contributed by atoms with Crippen LogP contribution >= 0.6 is 11.8 Å². The molecule has 6 amide bonds. The van der Waals surface area contributed by atoms with E-state index >= 15 is 0 Å². The summed E-state index contributed by atoms with van der Waals surface area (Å²) in [5.41, 5.74) is 1.65. The zero-order valence-electron chi connectivity index (χ0n) is 33.9. The Hall–Kier alpha value is -4.11. The van der Waals surface area contributed by atoms with Crippen molar-refractivity contribution in [1.29, 1.82) is 0 Å². The van der Waals surface area contributed by atoms with Gasteiger partial charge in [-0.05, 0) is 47.6 Å². The van der Waals surface area contributed by atoms with Gasteiger partial charge in [0.1, 0.15) is 30.2 Å². The summed E-state index contributed by atoms with van der Waals surface area (Å²) in [7, 11) is 0. The van der Waals surface area contributed by atoms with Crippen LogP contribution in [0.2, 0.25) is 0 Å². The van der Waals surface area contributed by atoms with Gasteiger partial charge in [-0.2, -0.15) is 0 Å². The van der Waals surface area contributed by atoms with Crippen LogP contribution in [0.1, 0.15) is 81.2 Å². The minimum atomic E-state index is -1.12. The van der Waals surface area contributed by atoms with Crippen LogP contribution in [0.15, 0.2) is 30.5 Å². The lowest BCUT2D eigenvalue weighted by molar-refractivity contribution is -0.136. The molecule has 0 spiro atoms. The van der Waals surface area contributed by atoms with E-state index in [1.165, 1.54) is 11.8 Å². The highest BCUT2D eigenvalue weighted by atomic mass is 32.2. The molecule has 15 heteroatoms. The third kappa shape index (κ3) is 11.2. The maximum absolute atomic E-state index is 14.3. The number of H-pyrrole nitrogens is 1. The molecule has 0 saturated carbocycles. The van der Waals surface area contributed by atoms with E-state index in [2.05, 4.69) is 42.2 Å². The van der Waals surface area contributed by atoms with Crippen LogP contribution in [-0.4, -0.2) is 93.8 Å². The average molecular weight is 783 g/mol. The van der Waals surface area contributed by atoms with Gasteiger partial charge in [0.05, 0.1) is 17.5 Å². The Kier molecular flexibility index (Phi) is 15.2. The summed E-state index contributed by atoms with van der Waals surface area (Å²) in [6.45, 7) is 18.7. The van der Waals surface area contributed by atoms with Crippen LogP contribution in [0.25, 0.3) is 10.9 Å². The topological polar surface area (TPSA) is 202 Å². The van der Waals surface area contributed by atoms with Gasteiger partial charge in [-0.1, -0.05) is 87.4 Å². The molecule has 304 valence electrons. The average Bonchev–Trinajstić information content (AvgIpc) is 3.76. The number of carbonyl (C=O) groups excluding carboxylic acids is 6. The van der Waals surface area contributed by atoms with E-state index in [1.54, 1.807) is 20.0 Å². The molecule has 8 atom stereocenters. The third-order valence-corrected chi connectivity index (χ3v) is 11.6. The second-order valence-corrected chi connectivity index (χ2v) is 17.9. The first-order chi connectivity index (χ1) is 25.9. The second kappa shape index (κ2) is 19.2. The highest BCUT2D eigenvalue weighted by molar-refractivity contribution is 8.00. The quantitative estimate of drug-likeness (QED) is 0.199. The SMILES string of the molecule is CC(C)C[C@H]1NC(=O)[C@H](Cc2c[nH]c3ccccc23)NC(=O)[C@@H](C(C)C)NC(=O)[C@@H]2CS[C@H](N2)[C@H](C(C)C)NC(=O)[C@@H](C(C)C)NC(=O)[C@H](C(C)C)NC1=O. The van der Waals surface area contributed by atoms with Crippen molar-refractivity contribution in [1.82, 2.24) is 42.2 Å². The molecule has 2 bridgehead atoms. The lowest BCUT2D eigenvalue weighted by Crippen LogP contribution is -2.61. The largest absolute Gasteiger partial charge is 0.361 e. The first kappa shape index (κ1) is 43.6. The minimum absolute atomic E-state index is 0.0240. The Bertz CT molecular complexity index is 1690. The molecule has 2 saturated heterocycles. The first-order valence-corrected chi connectivity index (χ1v) is 20.7. The number of benzene rings is 1. The van der Waals surface area contributed by atoms with E-state index in [0.29, 0.717) is 5.75 Å². The number of thioether (sulfide) groups is 1. The van der Waals surface area contributed by atoms with Crippen molar-refractivity contribution in [3.05, 3.63) is 36.0 Å². The van der Waals surface area contributed by atoms with Crippen molar-refractivity contribution in [3.8, 4) is 0 Å². The number of para-hydroxylation sites is 1. The number of hydrogen-bond acceptors (Lipinski definition) is 8. The molecular weight excluding hydrogens is 721 g/mol. The number of hydrogen-bond donors (Lipinski definition) is 8. The van der Waals surface area contributed by atoms with Gasteiger partial charge in [0.2, 0.25) is 35.4 Å². The Balaban J connectivity index is 1.76. The number of aromatic nitrogens is 1. The monoisotopic (exact) mass is 782 g/mol. The van der Waals surface area contributed by atoms with Gasteiger partial charge in [-0.25, -0.2) is 0 Å². The molecule has 2 fully saturated rings. The lowest BCUT2D eigenvalue weighted by Gasteiger charge is -2.32. The highest BCUT2D eigenvalue weighted by Gasteiger charge is 2.41. The summed E-state index contributed by atoms with van der Waals surface area (Å²) in [6, 6.07) is 1.52. The van der Waals surface area contributed by atoms with Crippen LogP contribution in [0.4, 0.5) is 0 Å². The number of rotatable bonds is 8. The van der Waals surface area contributed by atoms with Crippen LogP contribution in [0, 0.1) is 29.6 Å². The van der Waals surface area contributed by atoms with Gasteiger partial charge in [0.15, 0.2) is 0 Å². The molecule has 2 aromatic rings. The van der Waals surface area contributed by atoms with Gasteiger partial charge in [0.25, 0.3) is 0 Å². The van der Waals surface area contributed by atoms with Crippen molar-refractivity contribution < 1.29 is 28.8 Å². The molecule has 2 aliphatic rings. The summed E-state index contributed by atoms with van der Waals surface area (Å²) < 4.78 is 0. The molecule has 55 heavy (non-hydrogen) atoms. The van der Waals surface area contributed by atoms with Crippen LogP contribution in [0.3, 0.4) is 0 Å². The van der Waals surface area contributed by atoms with Crippen LogP contribution in [-0.2, 0) is 35.2 Å². The predicted octanol–water partition coefficient (Wildman–Crippen LogP) is 2.33. The van der Waals surface area contributed by atoms with Gasteiger partial charge < -0.3 is 36.9 Å². The van der Waals surface area contributed by atoms with E-state index in [0.717, 1.165) is 16.5 Å². The van der Waals surface area contributed by atoms with Crippen molar-refractivity contribution in [2.45, 2.75) is 130 Å². The molecule has 1 aromatic carbocycles. The smallest absolute Gasteiger partial charge is 0.243 e. The fourth-order valence-corrected chi connectivity index (χ4v) is 8.52. The van der Waals surface area contributed by atoms with E-state index < -0.39 is 65.9 Å². The fourth-order valence-electron chi connectivity index (χ4n) is 7.02. The number of carbonyl (C=O) groups is 6. The molecule has 0 aliphatic carbocycles. The summed E-state index contributed by atoms with van der Waals surface area (Å²) in [4.78, 5) is 87.2. The van der Waals surface area contributed by atoms with Crippen molar-refractivity contribution >= 4 is 58.1 Å². The van der Waals surface area contributed by atoms with Gasteiger partial charge in [-0.3, -0.25) is 34.1 Å². The third-order valence-electron chi connectivity index (χ3n) is 10.3. The number of nitrogens with one attached hydrogen (secondary N) is 8. The lowest BCUT2D eigenvalue weighted by atomic mass is 9.97. The molecule has 1 aromatic heterocycles. The normalized spacial score (nSPS) is 28.2. The van der Waals surface area contributed by atoms with Crippen molar-refractivity contribution in [2.24, 2.45) is 29.6 Å². The number of amides is 6. The van der Waals surface area contributed by atoms with E-state index in [4.69, 9.17) is 0 Å². The molecule has 4 rings (SSSR count). The molecule has 0 radical (unpaired) electrons. The Morgan fingerprint density at radius 1 is 0.600 bits per heavy atom. The summed E-state index contributed by atoms with van der Waals surface area (Å²) in [6.07, 6.45) is 2.15. The summed E-state index contributed by atoms with van der Waals surface area (Å²) >= 11 is 1.50. The zero-order valence-corrected chi connectivity index (χ0v) is 34.7. The first-order valence-electron chi connectivity index (χ1n) is 19.6. The maximum atomic E-state index is 14.3. The number of fused-ring (bicyclic) bond motifs is 3. The Morgan fingerprint density at radius 3 is 1.69 bits per heavy atom. The molecular formula is C40H62N8O6S. The van der Waals surface area contributed by atoms with E-state index in [9.17, 15) is 28.8 Å². The number of aromatic amines is 1.